The summed E-state index contributed by atoms with van der Waals surface area (Å²) >= 11 is 0. The van der Waals surface area contributed by atoms with Gasteiger partial charge in [-0.25, -0.2) is 0 Å². The number of carbonyl (C=O) groups is 1. The fraction of sp³-hybridized carbons (Fsp3) is 0.316. The van der Waals surface area contributed by atoms with Crippen molar-refractivity contribution in [3.63, 3.8) is 0 Å². The second-order valence-corrected chi connectivity index (χ2v) is 5.67. The smallest absolute Gasteiger partial charge is 0.224 e. The van der Waals surface area contributed by atoms with Crippen LogP contribution in [0.25, 0.3) is 0 Å². The number of nitrogens with one attached hydrogen (secondary N) is 1. The van der Waals surface area contributed by atoms with Gasteiger partial charge in [0, 0.05) is 12.1 Å². The molecule has 0 atom stereocenters. The highest BCUT2D eigenvalue weighted by molar-refractivity contribution is 5.92. The van der Waals surface area contributed by atoms with E-state index in [-0.39, 0.29) is 5.91 Å². The highest BCUT2D eigenvalue weighted by Gasteiger charge is 2.08. The maximum atomic E-state index is 12.2. The zero-order valence-electron chi connectivity index (χ0n) is 13.7. The van der Waals surface area contributed by atoms with Crippen molar-refractivity contribution < 1.29 is 9.53 Å². The third-order valence-electron chi connectivity index (χ3n) is 3.72. The van der Waals surface area contributed by atoms with Crippen LogP contribution >= 0.6 is 0 Å². The lowest BCUT2D eigenvalue weighted by atomic mass is 10.0. The number of rotatable bonds is 5. The predicted molar refractivity (Wildman–Crippen MR) is 90.6 cm³/mol. The normalized spacial score (nSPS) is 10.4. The van der Waals surface area contributed by atoms with Crippen LogP contribution in [0.15, 0.2) is 36.4 Å². The summed E-state index contributed by atoms with van der Waals surface area (Å²) in [5, 5.41) is 3.03. The minimum atomic E-state index is 0.0397. The Morgan fingerprint density at radius 1 is 1.09 bits per heavy atom. The molecular formula is C19H23NO2. The van der Waals surface area contributed by atoms with Crippen LogP contribution in [0.1, 0.15) is 28.7 Å². The molecular weight excluding hydrogens is 274 g/mol. The van der Waals surface area contributed by atoms with Crippen LogP contribution in [-0.4, -0.2) is 13.0 Å². The molecule has 2 aromatic carbocycles. The lowest BCUT2D eigenvalue weighted by molar-refractivity contribution is -0.116. The molecule has 0 saturated heterocycles. The number of anilines is 1. The number of aryl methyl sites for hydroxylation is 4. The van der Waals surface area contributed by atoms with Crippen molar-refractivity contribution in [1.29, 1.82) is 0 Å². The van der Waals surface area contributed by atoms with Gasteiger partial charge < -0.3 is 10.1 Å². The van der Waals surface area contributed by atoms with E-state index >= 15 is 0 Å². The summed E-state index contributed by atoms with van der Waals surface area (Å²) in [5.74, 6) is 0.862. The van der Waals surface area contributed by atoms with Gasteiger partial charge in [-0.3, -0.25) is 4.79 Å². The Morgan fingerprint density at radius 2 is 1.77 bits per heavy atom. The number of ether oxygens (including phenoxy) is 1. The minimum absolute atomic E-state index is 0.0397. The number of hydrogen-bond acceptors (Lipinski definition) is 2. The van der Waals surface area contributed by atoms with Crippen LogP contribution in [0, 0.1) is 20.8 Å². The quantitative estimate of drug-likeness (QED) is 0.898. The van der Waals surface area contributed by atoms with E-state index in [0.29, 0.717) is 12.8 Å². The van der Waals surface area contributed by atoms with Gasteiger partial charge >= 0.3 is 0 Å². The van der Waals surface area contributed by atoms with Crippen LogP contribution < -0.4 is 10.1 Å². The Bertz CT molecular complexity index is 654. The molecule has 0 fully saturated rings. The average Bonchev–Trinajstić information content (AvgIpc) is 2.49. The Hall–Kier alpha value is -2.29. The Balaban J connectivity index is 1.99. The zero-order chi connectivity index (χ0) is 16.1. The first kappa shape index (κ1) is 16.1. The topological polar surface area (TPSA) is 38.3 Å². The first-order valence-corrected chi connectivity index (χ1v) is 7.50. The molecule has 0 unspecified atom stereocenters. The molecule has 0 aliphatic rings. The van der Waals surface area contributed by atoms with E-state index in [4.69, 9.17) is 4.74 Å². The molecule has 2 rings (SSSR count). The van der Waals surface area contributed by atoms with Gasteiger partial charge in [-0.2, -0.15) is 0 Å². The highest BCUT2D eigenvalue weighted by Crippen LogP contribution is 2.22. The lowest BCUT2D eigenvalue weighted by Crippen LogP contribution is -2.14. The standard InChI is InChI=1S/C19H23NO2/c1-13-10-14(2)19(15(3)11-13)20-18(21)9-8-16-6-5-7-17(12-16)22-4/h5-7,10-12H,8-9H2,1-4H3,(H,20,21). The molecule has 0 saturated carbocycles. The van der Waals surface area contributed by atoms with E-state index < -0.39 is 0 Å². The van der Waals surface area contributed by atoms with E-state index in [1.54, 1.807) is 7.11 Å². The van der Waals surface area contributed by atoms with E-state index in [9.17, 15) is 4.79 Å². The van der Waals surface area contributed by atoms with Gasteiger partial charge in [0.2, 0.25) is 5.91 Å². The molecule has 0 bridgehead atoms. The lowest BCUT2D eigenvalue weighted by Gasteiger charge is -2.13. The summed E-state index contributed by atoms with van der Waals surface area (Å²) < 4.78 is 5.20. The zero-order valence-corrected chi connectivity index (χ0v) is 13.7. The average molecular weight is 297 g/mol. The molecule has 3 heteroatoms. The van der Waals surface area contributed by atoms with E-state index in [1.165, 1.54) is 5.56 Å². The highest BCUT2D eigenvalue weighted by atomic mass is 16.5. The van der Waals surface area contributed by atoms with Crippen molar-refractivity contribution in [1.82, 2.24) is 0 Å². The van der Waals surface area contributed by atoms with Crippen molar-refractivity contribution >= 4 is 11.6 Å². The van der Waals surface area contributed by atoms with E-state index in [1.807, 2.05) is 38.1 Å². The van der Waals surface area contributed by atoms with Crippen molar-refractivity contribution in [3.8, 4) is 5.75 Å². The molecule has 0 spiro atoms. The van der Waals surface area contributed by atoms with Crippen molar-refractivity contribution in [2.45, 2.75) is 33.6 Å². The Morgan fingerprint density at radius 3 is 2.41 bits per heavy atom. The van der Waals surface area contributed by atoms with Gasteiger partial charge in [-0.1, -0.05) is 29.8 Å². The third-order valence-corrected chi connectivity index (χ3v) is 3.72. The molecule has 0 aliphatic heterocycles. The van der Waals surface area contributed by atoms with Crippen molar-refractivity contribution in [2.24, 2.45) is 0 Å². The van der Waals surface area contributed by atoms with Crippen molar-refractivity contribution in [3.05, 3.63) is 58.7 Å². The van der Waals surface area contributed by atoms with Crippen molar-refractivity contribution in [2.75, 3.05) is 12.4 Å². The molecule has 116 valence electrons. The number of hydrogen-bond donors (Lipinski definition) is 1. The fourth-order valence-electron chi connectivity index (χ4n) is 2.66. The molecule has 2 aromatic rings. The second-order valence-electron chi connectivity index (χ2n) is 5.67. The summed E-state index contributed by atoms with van der Waals surface area (Å²) in [4.78, 5) is 12.2. The number of amides is 1. The van der Waals surface area contributed by atoms with Gasteiger partial charge in [0.1, 0.15) is 5.75 Å². The third kappa shape index (κ3) is 4.10. The molecule has 0 aliphatic carbocycles. The van der Waals surface area contributed by atoms with Crippen LogP contribution in [-0.2, 0) is 11.2 Å². The molecule has 22 heavy (non-hydrogen) atoms. The number of benzene rings is 2. The molecule has 0 radical (unpaired) electrons. The maximum absolute atomic E-state index is 12.2. The summed E-state index contributed by atoms with van der Waals surface area (Å²) in [7, 11) is 1.65. The summed E-state index contributed by atoms with van der Waals surface area (Å²) in [6, 6.07) is 12.0. The van der Waals surface area contributed by atoms with Gasteiger partial charge in [0.15, 0.2) is 0 Å². The van der Waals surface area contributed by atoms with Gasteiger partial charge in [0.05, 0.1) is 7.11 Å². The van der Waals surface area contributed by atoms with Gasteiger partial charge in [-0.15, -0.1) is 0 Å². The molecule has 0 heterocycles. The predicted octanol–water partition coefficient (Wildman–Crippen LogP) is 4.19. The van der Waals surface area contributed by atoms with Gasteiger partial charge in [-0.05, 0) is 56.0 Å². The molecule has 1 N–H and O–H groups in total. The largest absolute Gasteiger partial charge is 0.497 e. The maximum Gasteiger partial charge on any atom is 0.224 e. The van der Waals surface area contributed by atoms with Crippen LogP contribution in [0.5, 0.6) is 5.75 Å². The number of methoxy groups -OCH3 is 1. The molecule has 0 aromatic heterocycles. The molecule has 3 nitrogen and oxygen atoms in total. The Labute approximate surface area is 132 Å². The summed E-state index contributed by atoms with van der Waals surface area (Å²) in [6.07, 6.45) is 1.16. The fourth-order valence-corrected chi connectivity index (χ4v) is 2.66. The van der Waals surface area contributed by atoms with E-state index in [2.05, 4.69) is 24.4 Å². The summed E-state index contributed by atoms with van der Waals surface area (Å²) in [5.41, 5.74) is 5.46. The van der Waals surface area contributed by atoms with Gasteiger partial charge in [0.25, 0.3) is 0 Å². The first-order chi connectivity index (χ1) is 10.5. The first-order valence-electron chi connectivity index (χ1n) is 7.50. The van der Waals surface area contributed by atoms with Crippen LogP contribution in [0.4, 0.5) is 5.69 Å². The Kier molecular flexibility index (Phi) is 5.21. The monoisotopic (exact) mass is 297 g/mol. The number of carbonyl (C=O) groups excluding carboxylic acids is 1. The summed E-state index contributed by atoms with van der Waals surface area (Å²) in [6.45, 7) is 6.11. The second kappa shape index (κ2) is 7.12. The van der Waals surface area contributed by atoms with E-state index in [0.717, 1.165) is 28.1 Å². The molecule has 1 amide bonds. The van der Waals surface area contributed by atoms with Crippen LogP contribution in [0.2, 0.25) is 0 Å². The SMILES string of the molecule is COc1cccc(CCC(=O)Nc2c(C)cc(C)cc2C)c1. The van der Waals surface area contributed by atoms with Crippen LogP contribution in [0.3, 0.4) is 0 Å². The minimum Gasteiger partial charge on any atom is -0.497 e.